The molecule has 102 valence electrons. The molecular formula is C14H23NO3. The molecule has 1 rings (SSSR count). The molecule has 0 heterocycles. The number of aliphatic hydroxyl groups excluding tert-OH is 1. The van der Waals surface area contributed by atoms with Crippen LogP contribution in [0.2, 0.25) is 0 Å². The molecule has 0 amide bonds. The lowest BCUT2D eigenvalue weighted by Crippen LogP contribution is -2.19. The maximum Gasteiger partial charge on any atom is 0.161 e. The highest BCUT2D eigenvalue weighted by molar-refractivity contribution is 5.42. The van der Waals surface area contributed by atoms with Gasteiger partial charge in [-0.2, -0.15) is 0 Å². The molecule has 18 heavy (non-hydrogen) atoms. The fraction of sp³-hybridized carbons (Fsp3) is 0.571. The van der Waals surface area contributed by atoms with Crippen LogP contribution in [0.25, 0.3) is 0 Å². The van der Waals surface area contributed by atoms with Crippen molar-refractivity contribution in [2.45, 2.75) is 20.4 Å². The quantitative estimate of drug-likeness (QED) is 0.742. The van der Waals surface area contributed by atoms with E-state index in [0.717, 1.165) is 18.7 Å². The highest BCUT2D eigenvalue weighted by atomic mass is 16.5. The highest BCUT2D eigenvalue weighted by Gasteiger charge is 2.05. The van der Waals surface area contributed by atoms with Gasteiger partial charge in [-0.25, -0.2) is 0 Å². The van der Waals surface area contributed by atoms with Gasteiger partial charge in [-0.3, -0.25) is 0 Å². The first-order chi connectivity index (χ1) is 8.67. The summed E-state index contributed by atoms with van der Waals surface area (Å²) < 4.78 is 10.7. The maximum absolute atomic E-state index is 8.78. The minimum Gasteiger partial charge on any atom is -0.493 e. The monoisotopic (exact) mass is 253 g/mol. The smallest absolute Gasteiger partial charge is 0.161 e. The van der Waals surface area contributed by atoms with Gasteiger partial charge in [0.15, 0.2) is 11.5 Å². The van der Waals surface area contributed by atoms with Gasteiger partial charge in [-0.15, -0.1) is 0 Å². The molecular weight excluding hydrogens is 230 g/mol. The normalized spacial score (nSPS) is 10.7. The van der Waals surface area contributed by atoms with Gasteiger partial charge >= 0.3 is 0 Å². The van der Waals surface area contributed by atoms with Crippen LogP contribution in [0.5, 0.6) is 11.5 Å². The van der Waals surface area contributed by atoms with Crippen LogP contribution in [0.15, 0.2) is 18.2 Å². The summed E-state index contributed by atoms with van der Waals surface area (Å²) in [7, 11) is 1.61. The lowest BCUT2D eigenvalue weighted by molar-refractivity contribution is 0.196. The summed E-state index contributed by atoms with van der Waals surface area (Å²) >= 11 is 0. The van der Waals surface area contributed by atoms with E-state index in [1.54, 1.807) is 7.11 Å². The van der Waals surface area contributed by atoms with Gasteiger partial charge in [0.25, 0.3) is 0 Å². The maximum atomic E-state index is 8.78. The second-order valence-corrected chi connectivity index (χ2v) is 4.58. The number of benzene rings is 1. The van der Waals surface area contributed by atoms with Crippen molar-refractivity contribution in [1.29, 1.82) is 0 Å². The van der Waals surface area contributed by atoms with Gasteiger partial charge < -0.3 is 19.9 Å². The van der Waals surface area contributed by atoms with Crippen molar-refractivity contribution in [2.75, 3.05) is 26.9 Å². The summed E-state index contributed by atoms with van der Waals surface area (Å²) in [4.78, 5) is 0. The lowest BCUT2D eigenvalue weighted by atomic mass is 10.2. The summed E-state index contributed by atoms with van der Waals surface area (Å²) in [6.07, 6.45) is 0. The number of hydrogen-bond donors (Lipinski definition) is 2. The molecule has 0 spiro atoms. The summed E-state index contributed by atoms with van der Waals surface area (Å²) in [5.74, 6) is 2.00. The number of rotatable bonds is 8. The molecule has 0 atom stereocenters. The molecule has 0 aliphatic carbocycles. The van der Waals surface area contributed by atoms with Gasteiger partial charge in [0.05, 0.1) is 13.7 Å². The Kier molecular flexibility index (Phi) is 6.54. The summed E-state index contributed by atoms with van der Waals surface area (Å²) in [6, 6.07) is 5.85. The van der Waals surface area contributed by atoms with E-state index in [1.165, 1.54) is 0 Å². The number of aliphatic hydroxyl groups is 1. The van der Waals surface area contributed by atoms with Crippen molar-refractivity contribution in [3.05, 3.63) is 23.8 Å². The van der Waals surface area contributed by atoms with E-state index in [2.05, 4.69) is 19.2 Å². The highest BCUT2D eigenvalue weighted by Crippen LogP contribution is 2.27. The van der Waals surface area contributed by atoms with E-state index in [-0.39, 0.29) is 13.2 Å². The molecule has 0 saturated carbocycles. The Labute approximate surface area is 109 Å². The second kappa shape index (κ2) is 7.95. The molecule has 0 fully saturated rings. The van der Waals surface area contributed by atoms with Crippen LogP contribution < -0.4 is 14.8 Å². The molecule has 4 heteroatoms. The Bertz CT molecular complexity index is 353. The zero-order valence-electron chi connectivity index (χ0n) is 11.4. The van der Waals surface area contributed by atoms with Gasteiger partial charge in [0.1, 0.15) is 6.61 Å². The largest absolute Gasteiger partial charge is 0.493 e. The van der Waals surface area contributed by atoms with E-state index < -0.39 is 0 Å². The molecule has 0 aromatic heterocycles. The summed E-state index contributed by atoms with van der Waals surface area (Å²) in [5.41, 5.74) is 1.14. The van der Waals surface area contributed by atoms with Crippen molar-refractivity contribution in [3.8, 4) is 11.5 Å². The number of ether oxygens (including phenoxy) is 2. The lowest BCUT2D eigenvalue weighted by Gasteiger charge is -2.12. The molecule has 0 bridgehead atoms. The Morgan fingerprint density at radius 2 is 2.06 bits per heavy atom. The van der Waals surface area contributed by atoms with Crippen LogP contribution in [-0.2, 0) is 6.54 Å². The van der Waals surface area contributed by atoms with Crippen LogP contribution in [0.1, 0.15) is 19.4 Å². The molecule has 1 aromatic carbocycles. The molecule has 0 aliphatic heterocycles. The van der Waals surface area contributed by atoms with Crippen LogP contribution in [0.3, 0.4) is 0 Å². The standard InChI is InChI=1S/C14H23NO3/c1-11(2)9-15-10-12-4-5-13(17-3)14(8-12)18-7-6-16/h4-5,8,11,15-16H,6-7,9-10H2,1-3H3. The fourth-order valence-corrected chi connectivity index (χ4v) is 1.60. The van der Waals surface area contributed by atoms with Crippen molar-refractivity contribution in [3.63, 3.8) is 0 Å². The third kappa shape index (κ3) is 4.94. The third-order valence-corrected chi connectivity index (χ3v) is 2.46. The van der Waals surface area contributed by atoms with Crippen molar-refractivity contribution in [1.82, 2.24) is 5.32 Å². The molecule has 0 saturated heterocycles. The van der Waals surface area contributed by atoms with Crippen LogP contribution >= 0.6 is 0 Å². The zero-order valence-corrected chi connectivity index (χ0v) is 11.4. The molecule has 4 nitrogen and oxygen atoms in total. The van der Waals surface area contributed by atoms with Crippen molar-refractivity contribution < 1.29 is 14.6 Å². The van der Waals surface area contributed by atoms with Crippen molar-refractivity contribution in [2.24, 2.45) is 5.92 Å². The number of methoxy groups -OCH3 is 1. The minimum atomic E-state index is -0.00101. The topological polar surface area (TPSA) is 50.7 Å². The molecule has 0 aliphatic rings. The molecule has 0 unspecified atom stereocenters. The Morgan fingerprint density at radius 3 is 2.67 bits per heavy atom. The minimum absolute atomic E-state index is 0.00101. The van der Waals surface area contributed by atoms with Crippen molar-refractivity contribution >= 4 is 0 Å². The predicted molar refractivity (Wildman–Crippen MR) is 72.1 cm³/mol. The Morgan fingerprint density at radius 1 is 1.28 bits per heavy atom. The van der Waals surface area contributed by atoms with E-state index in [4.69, 9.17) is 14.6 Å². The first-order valence-electron chi connectivity index (χ1n) is 6.28. The first kappa shape index (κ1) is 14.8. The Balaban J connectivity index is 2.63. The molecule has 2 N–H and O–H groups in total. The van der Waals surface area contributed by atoms with Gasteiger partial charge in [-0.1, -0.05) is 19.9 Å². The summed E-state index contributed by atoms with van der Waals surface area (Å²) in [5, 5.41) is 12.2. The Hall–Kier alpha value is -1.26. The van der Waals surface area contributed by atoms with Gasteiger partial charge in [0.2, 0.25) is 0 Å². The van der Waals surface area contributed by atoms with E-state index in [9.17, 15) is 0 Å². The number of nitrogens with one attached hydrogen (secondary N) is 1. The first-order valence-corrected chi connectivity index (χ1v) is 6.28. The SMILES string of the molecule is COc1ccc(CNCC(C)C)cc1OCCO. The third-order valence-electron chi connectivity index (χ3n) is 2.46. The van der Waals surface area contributed by atoms with Crippen LogP contribution in [-0.4, -0.2) is 32.0 Å². The number of hydrogen-bond acceptors (Lipinski definition) is 4. The van der Waals surface area contributed by atoms with Crippen LogP contribution in [0, 0.1) is 5.92 Å². The van der Waals surface area contributed by atoms with E-state index >= 15 is 0 Å². The van der Waals surface area contributed by atoms with E-state index in [0.29, 0.717) is 17.4 Å². The molecule has 1 aromatic rings. The van der Waals surface area contributed by atoms with Gasteiger partial charge in [0, 0.05) is 6.54 Å². The summed E-state index contributed by atoms with van der Waals surface area (Å²) in [6.45, 7) is 6.42. The average molecular weight is 253 g/mol. The van der Waals surface area contributed by atoms with Crippen LogP contribution in [0.4, 0.5) is 0 Å². The van der Waals surface area contributed by atoms with Gasteiger partial charge in [-0.05, 0) is 30.2 Å². The second-order valence-electron chi connectivity index (χ2n) is 4.58. The molecule has 0 radical (unpaired) electrons. The fourth-order valence-electron chi connectivity index (χ4n) is 1.60. The predicted octanol–water partition coefficient (Wildman–Crippen LogP) is 1.81. The zero-order chi connectivity index (χ0) is 13.4. The average Bonchev–Trinajstić information content (AvgIpc) is 2.36. The van der Waals surface area contributed by atoms with E-state index in [1.807, 2.05) is 18.2 Å².